The molecule has 1 rings (SSSR count). The van der Waals surface area contributed by atoms with Gasteiger partial charge in [-0.2, -0.15) is 0 Å². The molecule has 1 aliphatic rings. The smallest absolute Gasteiger partial charge is 0.0885 e. The number of allylic oxidation sites excluding steroid dienone is 2. The van der Waals surface area contributed by atoms with E-state index in [1.54, 1.807) is 0 Å². The van der Waals surface area contributed by atoms with Gasteiger partial charge in [0.15, 0.2) is 0 Å². The van der Waals surface area contributed by atoms with Crippen LogP contribution in [-0.4, -0.2) is 5.11 Å². The topological polar surface area (TPSA) is 20.2 Å². The normalized spacial score (nSPS) is 29.7. The Balaban J connectivity index is 2.30. The summed E-state index contributed by atoms with van der Waals surface area (Å²) in [6.45, 7) is 2.23. The van der Waals surface area contributed by atoms with E-state index in [9.17, 15) is 5.11 Å². The molecule has 1 heteroatoms. The number of aliphatic hydroxyl groups excluding tert-OH is 1. The van der Waals surface area contributed by atoms with Gasteiger partial charge >= 0.3 is 0 Å². The van der Waals surface area contributed by atoms with Crippen molar-refractivity contribution in [3.05, 3.63) is 11.8 Å². The van der Waals surface area contributed by atoms with Crippen molar-refractivity contribution in [2.45, 2.75) is 84.0 Å². The molecule has 0 spiro atoms. The highest BCUT2D eigenvalue weighted by Gasteiger charge is 2.02. The van der Waals surface area contributed by atoms with Crippen LogP contribution in [0.25, 0.3) is 0 Å². The highest BCUT2D eigenvalue weighted by molar-refractivity contribution is 4.93. The second-order valence-corrected chi connectivity index (χ2v) is 5.71. The molecule has 0 aromatic heterocycles. The minimum Gasteiger partial charge on any atom is -0.513 e. The summed E-state index contributed by atoms with van der Waals surface area (Å²) in [5, 5.41) is 9.81. The van der Waals surface area contributed by atoms with Gasteiger partial charge < -0.3 is 5.11 Å². The Morgan fingerprint density at radius 2 is 1.29 bits per heavy atom. The van der Waals surface area contributed by atoms with Crippen LogP contribution in [0.15, 0.2) is 11.8 Å². The molecule has 1 aliphatic carbocycles. The molecule has 100 valence electrons. The van der Waals surface area contributed by atoms with Gasteiger partial charge in [0.05, 0.1) is 5.76 Å². The second-order valence-electron chi connectivity index (χ2n) is 5.71. The SMILES string of the molecule is CC1/C=C(/O)CCCCCCCCCCCC1. The standard InChI is InChI=1S/C16H30O/c1-15-12-10-8-6-4-2-3-5-7-9-11-13-16(17)14-15/h14-15,17H,2-13H2,1H3/b16-14+. The Bertz CT molecular complexity index is 208. The van der Waals surface area contributed by atoms with Gasteiger partial charge in [0.1, 0.15) is 0 Å². The first kappa shape index (κ1) is 14.6. The third kappa shape index (κ3) is 8.29. The maximum atomic E-state index is 9.81. The van der Waals surface area contributed by atoms with Crippen molar-refractivity contribution in [2.75, 3.05) is 0 Å². The quantitative estimate of drug-likeness (QED) is 0.569. The highest BCUT2D eigenvalue weighted by atomic mass is 16.3. The Labute approximate surface area is 107 Å². The summed E-state index contributed by atoms with van der Waals surface area (Å²) < 4.78 is 0. The third-order valence-corrected chi connectivity index (χ3v) is 3.82. The molecule has 0 heterocycles. The van der Waals surface area contributed by atoms with Crippen LogP contribution in [0.1, 0.15) is 84.0 Å². The summed E-state index contributed by atoms with van der Waals surface area (Å²) in [6.07, 6.45) is 17.8. The molecule has 17 heavy (non-hydrogen) atoms. The highest BCUT2D eigenvalue weighted by Crippen LogP contribution is 2.18. The Hall–Kier alpha value is -0.460. The molecule has 1 nitrogen and oxygen atoms in total. The lowest BCUT2D eigenvalue weighted by Gasteiger charge is -2.07. The van der Waals surface area contributed by atoms with E-state index in [1.807, 2.05) is 0 Å². The van der Waals surface area contributed by atoms with Gasteiger partial charge in [0.2, 0.25) is 0 Å². The van der Waals surface area contributed by atoms with Crippen molar-refractivity contribution in [2.24, 2.45) is 5.92 Å². The van der Waals surface area contributed by atoms with Crippen molar-refractivity contribution in [3.63, 3.8) is 0 Å². The van der Waals surface area contributed by atoms with E-state index in [4.69, 9.17) is 0 Å². The first-order valence-electron chi connectivity index (χ1n) is 7.68. The molecule has 0 radical (unpaired) electrons. The van der Waals surface area contributed by atoms with Crippen molar-refractivity contribution >= 4 is 0 Å². The van der Waals surface area contributed by atoms with Crippen LogP contribution in [0.2, 0.25) is 0 Å². The van der Waals surface area contributed by atoms with Crippen LogP contribution in [-0.2, 0) is 0 Å². The molecular formula is C16H30O. The van der Waals surface area contributed by atoms with Gasteiger partial charge in [0.25, 0.3) is 0 Å². The van der Waals surface area contributed by atoms with Crippen molar-refractivity contribution in [3.8, 4) is 0 Å². The minimum atomic E-state index is 0.556. The van der Waals surface area contributed by atoms with Crippen LogP contribution in [0.4, 0.5) is 0 Å². The van der Waals surface area contributed by atoms with Crippen LogP contribution in [0, 0.1) is 5.92 Å². The average Bonchev–Trinajstić information content (AvgIpc) is 2.30. The predicted molar refractivity (Wildman–Crippen MR) is 75.3 cm³/mol. The lowest BCUT2D eigenvalue weighted by molar-refractivity contribution is 0.371. The summed E-state index contributed by atoms with van der Waals surface area (Å²) in [5.41, 5.74) is 0. The van der Waals surface area contributed by atoms with Crippen LogP contribution >= 0.6 is 0 Å². The zero-order valence-electron chi connectivity index (χ0n) is 11.6. The Kier molecular flexibility index (Phi) is 8.21. The maximum absolute atomic E-state index is 9.81. The van der Waals surface area contributed by atoms with Crippen LogP contribution < -0.4 is 0 Å². The van der Waals surface area contributed by atoms with Gasteiger partial charge in [-0.3, -0.25) is 0 Å². The molecular weight excluding hydrogens is 208 g/mol. The lowest BCUT2D eigenvalue weighted by atomic mass is 10.0. The minimum absolute atomic E-state index is 0.556. The summed E-state index contributed by atoms with van der Waals surface area (Å²) in [5.74, 6) is 1.19. The Morgan fingerprint density at radius 1 is 0.824 bits per heavy atom. The van der Waals surface area contributed by atoms with E-state index in [0.717, 1.165) is 12.8 Å². The fourth-order valence-corrected chi connectivity index (χ4v) is 2.68. The molecule has 0 fully saturated rings. The summed E-state index contributed by atoms with van der Waals surface area (Å²) in [7, 11) is 0. The number of hydrogen-bond acceptors (Lipinski definition) is 1. The van der Waals surface area contributed by atoms with E-state index in [2.05, 4.69) is 13.0 Å². The van der Waals surface area contributed by atoms with Gasteiger partial charge in [0, 0.05) is 6.42 Å². The second kappa shape index (κ2) is 9.56. The molecule has 0 aliphatic heterocycles. The third-order valence-electron chi connectivity index (χ3n) is 3.82. The van der Waals surface area contributed by atoms with Crippen molar-refractivity contribution in [1.82, 2.24) is 0 Å². The van der Waals surface area contributed by atoms with E-state index >= 15 is 0 Å². The van der Waals surface area contributed by atoms with Crippen LogP contribution in [0.5, 0.6) is 0 Å². The molecule has 0 saturated heterocycles. The van der Waals surface area contributed by atoms with Gasteiger partial charge in [-0.25, -0.2) is 0 Å². The average molecular weight is 238 g/mol. The largest absolute Gasteiger partial charge is 0.513 e. The predicted octanol–water partition coefficient (Wildman–Crippen LogP) is 5.76. The van der Waals surface area contributed by atoms with E-state index in [-0.39, 0.29) is 0 Å². The zero-order valence-corrected chi connectivity index (χ0v) is 11.6. The molecule has 0 saturated carbocycles. The summed E-state index contributed by atoms with van der Waals surface area (Å²) >= 11 is 0. The fourth-order valence-electron chi connectivity index (χ4n) is 2.68. The van der Waals surface area contributed by atoms with Crippen LogP contribution in [0.3, 0.4) is 0 Å². The molecule has 0 aromatic rings. The molecule has 1 unspecified atom stereocenters. The summed E-state index contributed by atoms with van der Waals surface area (Å²) in [4.78, 5) is 0. The lowest BCUT2D eigenvalue weighted by Crippen LogP contribution is -1.93. The van der Waals surface area contributed by atoms with Gasteiger partial charge in [-0.1, -0.05) is 64.7 Å². The van der Waals surface area contributed by atoms with Gasteiger partial charge in [-0.15, -0.1) is 0 Å². The van der Waals surface area contributed by atoms with E-state index in [1.165, 1.54) is 64.2 Å². The first-order valence-corrected chi connectivity index (χ1v) is 7.68. The first-order chi connectivity index (χ1) is 8.29. The molecule has 1 atom stereocenters. The molecule has 0 amide bonds. The monoisotopic (exact) mass is 238 g/mol. The van der Waals surface area contributed by atoms with E-state index in [0.29, 0.717) is 11.7 Å². The number of rotatable bonds is 0. The molecule has 1 N–H and O–H groups in total. The zero-order chi connectivity index (χ0) is 12.3. The fraction of sp³-hybridized carbons (Fsp3) is 0.875. The molecule has 0 aromatic carbocycles. The molecule has 0 bridgehead atoms. The van der Waals surface area contributed by atoms with Crippen molar-refractivity contribution in [1.29, 1.82) is 0 Å². The Morgan fingerprint density at radius 3 is 1.88 bits per heavy atom. The van der Waals surface area contributed by atoms with Crippen molar-refractivity contribution < 1.29 is 5.11 Å². The summed E-state index contributed by atoms with van der Waals surface area (Å²) in [6, 6.07) is 0. The maximum Gasteiger partial charge on any atom is 0.0885 e. The van der Waals surface area contributed by atoms with Gasteiger partial charge in [-0.05, 0) is 24.8 Å². The van der Waals surface area contributed by atoms with E-state index < -0.39 is 0 Å². The number of aliphatic hydroxyl groups is 1. The number of hydrogen-bond donors (Lipinski definition) is 1.